The lowest BCUT2D eigenvalue weighted by Crippen LogP contribution is -2.43. The average Bonchev–Trinajstić information content (AvgIpc) is 2.45. The predicted molar refractivity (Wildman–Crippen MR) is 86.7 cm³/mol. The number of hydrogen-bond donors (Lipinski definition) is 1. The summed E-state index contributed by atoms with van der Waals surface area (Å²) in [4.78, 5) is 0. The van der Waals surface area contributed by atoms with E-state index in [0.29, 0.717) is 11.6 Å². The van der Waals surface area contributed by atoms with Crippen LogP contribution in [0.1, 0.15) is 36.0 Å². The van der Waals surface area contributed by atoms with Gasteiger partial charge in [-0.2, -0.15) is 0 Å². The molecule has 0 bridgehead atoms. The Bertz CT molecular complexity index is 612. The van der Waals surface area contributed by atoms with E-state index in [2.05, 4.69) is 6.07 Å². The normalized spacial score (nSPS) is 16.3. The molecule has 0 unspecified atom stereocenters. The highest BCUT2D eigenvalue weighted by molar-refractivity contribution is 6.32. The fraction of sp³-hybridized carbons (Fsp3) is 0.333. The maximum absolute atomic E-state index is 6.41. The molecule has 0 amide bonds. The van der Waals surface area contributed by atoms with Gasteiger partial charge < -0.3 is 10.5 Å². The van der Waals surface area contributed by atoms with E-state index in [1.807, 2.05) is 43.3 Å². The van der Waals surface area contributed by atoms with Crippen LogP contribution in [-0.4, -0.2) is 0 Å². The van der Waals surface area contributed by atoms with Crippen LogP contribution < -0.4 is 10.5 Å². The van der Waals surface area contributed by atoms with Gasteiger partial charge in [-0.3, -0.25) is 0 Å². The molecular weight excluding hydrogens is 282 g/mol. The molecule has 21 heavy (non-hydrogen) atoms. The minimum absolute atomic E-state index is 0.188. The minimum atomic E-state index is -0.188. The zero-order chi connectivity index (χ0) is 14.9. The van der Waals surface area contributed by atoms with E-state index in [1.54, 1.807) is 0 Å². The van der Waals surface area contributed by atoms with Crippen molar-refractivity contribution in [1.82, 2.24) is 0 Å². The van der Waals surface area contributed by atoms with E-state index in [-0.39, 0.29) is 5.54 Å². The zero-order valence-electron chi connectivity index (χ0n) is 12.2. The van der Waals surface area contributed by atoms with Crippen molar-refractivity contribution in [1.29, 1.82) is 0 Å². The fourth-order valence-electron chi connectivity index (χ4n) is 2.78. The van der Waals surface area contributed by atoms with Crippen molar-refractivity contribution in [2.24, 2.45) is 5.73 Å². The zero-order valence-corrected chi connectivity index (χ0v) is 13.0. The molecule has 0 aromatic heterocycles. The van der Waals surface area contributed by atoms with Gasteiger partial charge in [0.15, 0.2) is 0 Å². The Morgan fingerprint density at radius 1 is 1.19 bits per heavy atom. The predicted octanol–water partition coefficient (Wildman–Crippen LogP) is 4.57. The molecule has 2 nitrogen and oxygen atoms in total. The van der Waals surface area contributed by atoms with Crippen molar-refractivity contribution in [2.45, 2.75) is 38.3 Å². The molecular formula is C18H20ClNO. The van der Waals surface area contributed by atoms with E-state index in [0.717, 1.165) is 35.3 Å². The van der Waals surface area contributed by atoms with E-state index in [9.17, 15) is 0 Å². The summed E-state index contributed by atoms with van der Waals surface area (Å²) in [5.41, 5.74) is 9.49. The molecule has 1 aliphatic rings. The molecule has 3 heteroatoms. The first kappa shape index (κ1) is 14.4. The SMILES string of the molecule is Cc1cc(C2(N)CCC2)cc(Cl)c1OCc1ccccc1. The molecule has 0 heterocycles. The number of nitrogens with two attached hydrogens (primary N) is 1. The van der Waals surface area contributed by atoms with Crippen LogP contribution in [0.5, 0.6) is 5.75 Å². The van der Waals surface area contributed by atoms with Crippen LogP contribution in [-0.2, 0) is 12.1 Å². The minimum Gasteiger partial charge on any atom is -0.487 e. The summed E-state index contributed by atoms with van der Waals surface area (Å²) in [6.07, 6.45) is 3.26. The summed E-state index contributed by atoms with van der Waals surface area (Å²) in [6.45, 7) is 2.55. The number of ether oxygens (including phenoxy) is 1. The summed E-state index contributed by atoms with van der Waals surface area (Å²) in [7, 11) is 0. The highest BCUT2D eigenvalue weighted by Crippen LogP contribution is 2.42. The summed E-state index contributed by atoms with van der Waals surface area (Å²) >= 11 is 6.41. The Hall–Kier alpha value is -1.51. The molecule has 2 aromatic rings. The third-order valence-electron chi connectivity index (χ3n) is 4.28. The largest absolute Gasteiger partial charge is 0.487 e. The highest BCUT2D eigenvalue weighted by atomic mass is 35.5. The summed E-state index contributed by atoms with van der Waals surface area (Å²) in [5, 5.41) is 0.651. The summed E-state index contributed by atoms with van der Waals surface area (Å²) in [5.74, 6) is 0.757. The highest BCUT2D eigenvalue weighted by Gasteiger charge is 2.35. The third-order valence-corrected chi connectivity index (χ3v) is 4.56. The maximum Gasteiger partial charge on any atom is 0.141 e. The quantitative estimate of drug-likeness (QED) is 0.898. The van der Waals surface area contributed by atoms with Crippen molar-refractivity contribution in [3.8, 4) is 5.75 Å². The molecule has 0 atom stereocenters. The Morgan fingerprint density at radius 3 is 2.48 bits per heavy atom. The Morgan fingerprint density at radius 2 is 1.90 bits per heavy atom. The van der Waals surface area contributed by atoms with Gasteiger partial charge in [-0.15, -0.1) is 0 Å². The van der Waals surface area contributed by atoms with E-state index < -0.39 is 0 Å². The van der Waals surface area contributed by atoms with Crippen LogP contribution in [0.25, 0.3) is 0 Å². The van der Waals surface area contributed by atoms with Gasteiger partial charge in [0.2, 0.25) is 0 Å². The molecule has 0 radical (unpaired) electrons. The summed E-state index contributed by atoms with van der Waals surface area (Å²) < 4.78 is 5.90. The van der Waals surface area contributed by atoms with Crippen molar-refractivity contribution in [3.63, 3.8) is 0 Å². The number of halogens is 1. The number of rotatable bonds is 4. The molecule has 110 valence electrons. The van der Waals surface area contributed by atoms with Crippen LogP contribution in [0, 0.1) is 6.92 Å². The second-order valence-electron chi connectivity index (χ2n) is 5.89. The number of aryl methyl sites for hydroxylation is 1. The fourth-order valence-corrected chi connectivity index (χ4v) is 3.10. The first-order chi connectivity index (χ1) is 10.1. The summed E-state index contributed by atoms with van der Waals surface area (Å²) in [6, 6.07) is 14.2. The van der Waals surface area contributed by atoms with Gasteiger partial charge in [-0.1, -0.05) is 48.0 Å². The molecule has 3 rings (SSSR count). The molecule has 0 aliphatic heterocycles. The third kappa shape index (κ3) is 2.92. The van der Waals surface area contributed by atoms with Crippen LogP contribution in [0.2, 0.25) is 5.02 Å². The lowest BCUT2D eigenvalue weighted by atomic mass is 9.72. The second kappa shape index (κ2) is 5.70. The van der Waals surface area contributed by atoms with Crippen LogP contribution in [0.4, 0.5) is 0 Å². The number of hydrogen-bond acceptors (Lipinski definition) is 2. The molecule has 1 aliphatic carbocycles. The van der Waals surface area contributed by atoms with Crippen molar-refractivity contribution >= 4 is 11.6 Å². The smallest absolute Gasteiger partial charge is 0.141 e. The molecule has 2 aromatic carbocycles. The molecule has 0 saturated heterocycles. The first-order valence-electron chi connectivity index (χ1n) is 7.35. The van der Waals surface area contributed by atoms with E-state index in [4.69, 9.17) is 22.1 Å². The standard InChI is InChI=1S/C18H20ClNO/c1-13-10-15(18(20)8-5-9-18)11-16(19)17(13)21-12-14-6-3-2-4-7-14/h2-4,6-7,10-11H,5,8-9,12,20H2,1H3. The monoisotopic (exact) mass is 301 g/mol. The van der Waals surface area contributed by atoms with Crippen molar-refractivity contribution < 1.29 is 4.74 Å². The van der Waals surface area contributed by atoms with Gasteiger partial charge in [0.1, 0.15) is 12.4 Å². The van der Waals surface area contributed by atoms with Crippen LogP contribution in [0.3, 0.4) is 0 Å². The van der Waals surface area contributed by atoms with Crippen LogP contribution in [0.15, 0.2) is 42.5 Å². The molecule has 1 fully saturated rings. The van der Waals surface area contributed by atoms with Gasteiger partial charge in [-0.05, 0) is 48.9 Å². The molecule has 1 saturated carbocycles. The van der Waals surface area contributed by atoms with E-state index >= 15 is 0 Å². The topological polar surface area (TPSA) is 35.2 Å². The lowest BCUT2D eigenvalue weighted by molar-refractivity contribution is 0.252. The first-order valence-corrected chi connectivity index (χ1v) is 7.72. The van der Waals surface area contributed by atoms with Gasteiger partial charge in [0.25, 0.3) is 0 Å². The molecule has 0 spiro atoms. The Balaban J connectivity index is 1.80. The average molecular weight is 302 g/mol. The van der Waals surface area contributed by atoms with Crippen molar-refractivity contribution in [2.75, 3.05) is 0 Å². The van der Waals surface area contributed by atoms with E-state index in [1.165, 1.54) is 6.42 Å². The molecule has 2 N–H and O–H groups in total. The van der Waals surface area contributed by atoms with Crippen molar-refractivity contribution in [3.05, 3.63) is 64.2 Å². The number of benzene rings is 2. The van der Waals surface area contributed by atoms with Gasteiger partial charge >= 0.3 is 0 Å². The second-order valence-corrected chi connectivity index (χ2v) is 6.30. The van der Waals surface area contributed by atoms with Gasteiger partial charge in [0.05, 0.1) is 5.02 Å². The Labute approximate surface area is 130 Å². The maximum atomic E-state index is 6.41. The van der Waals surface area contributed by atoms with Crippen LogP contribution >= 0.6 is 11.6 Å². The van der Waals surface area contributed by atoms with Gasteiger partial charge in [0, 0.05) is 5.54 Å². The van der Waals surface area contributed by atoms with Gasteiger partial charge in [-0.25, -0.2) is 0 Å². The Kier molecular flexibility index (Phi) is 3.92. The lowest BCUT2D eigenvalue weighted by Gasteiger charge is -2.39.